The number of nitrogens with one attached hydrogen (secondary N) is 5. The standard InChI is InChI=1S/C58H101N5O27/c1-8-9-10-11-12-13-14-15-16-17-18-19-20-21-22-23-40(73)63-42-46(75)45(74)39(28-81-34(7)72)87-56(42)89-51-37(26-66)85-55(43(48(51)77)60-31(4)69)82-29(2)35(24-64)84-58(53(79)62-33(6)71)90-52-38(27-67)86-57(44(49(52)78)61-32(5)70)88-50-36(25-65)83-54(80)41(47(50)76)59-30(3)68/h13-14,29,35-39,41-58,64-67,74-80H,8-12,15-28H2,1-7H3,(H,59,68)(H,60,69)(H,61,70)(H,62,71)(H,63,73)/b14-13-/t29-,35?,36?,37?,38?,39?,41?,42?,43?,44?,45?,46?,47?,48?,49?,50?,51?,52?,53-,54?,55?,56?,57?,58?/m0/s1. The van der Waals surface area contributed by atoms with Gasteiger partial charge < -0.3 is 130 Å². The maximum atomic E-state index is 13.5. The molecule has 0 saturated carbocycles. The number of hydrogen-bond donors (Lipinski definition) is 16. The van der Waals surface area contributed by atoms with Gasteiger partial charge in [0.2, 0.25) is 35.8 Å². The minimum Gasteiger partial charge on any atom is -0.463 e. The second kappa shape index (κ2) is 40.1. The summed E-state index contributed by atoms with van der Waals surface area (Å²) < 4.78 is 58.9. The Balaban J connectivity index is 1.51. The number of carbonyl (C=O) groups excluding carboxylic acids is 6. The lowest BCUT2D eigenvalue weighted by Gasteiger charge is -2.49. The molecule has 0 aromatic heterocycles. The number of hydrogen-bond acceptors (Lipinski definition) is 27. The average molecular weight is 1300 g/mol. The van der Waals surface area contributed by atoms with Crippen LogP contribution in [0.25, 0.3) is 0 Å². The number of esters is 1. The van der Waals surface area contributed by atoms with Crippen LogP contribution in [0.2, 0.25) is 0 Å². The van der Waals surface area contributed by atoms with Gasteiger partial charge in [-0.3, -0.25) is 28.8 Å². The molecule has 0 aromatic rings. The second-order valence-electron chi connectivity index (χ2n) is 23.1. The molecule has 22 unspecified atom stereocenters. The first-order valence-corrected chi connectivity index (χ1v) is 31.1. The van der Waals surface area contributed by atoms with Crippen molar-refractivity contribution in [2.75, 3.05) is 33.0 Å². The lowest BCUT2D eigenvalue weighted by Crippen LogP contribution is -2.70. The normalized spacial score (nSPS) is 33.5. The molecular weight excluding hydrogens is 1200 g/mol. The van der Waals surface area contributed by atoms with Crippen molar-refractivity contribution in [2.45, 2.75) is 286 Å². The van der Waals surface area contributed by atoms with Crippen LogP contribution in [0, 0.1) is 0 Å². The van der Waals surface area contributed by atoms with Gasteiger partial charge in [0, 0.05) is 41.0 Å². The summed E-state index contributed by atoms with van der Waals surface area (Å²) in [6, 6.07) is -6.38. The second-order valence-corrected chi connectivity index (χ2v) is 23.1. The number of allylic oxidation sites excluding steroid dienone is 2. The molecule has 0 aromatic carbocycles. The molecule has 4 rings (SSSR count). The van der Waals surface area contributed by atoms with Crippen molar-refractivity contribution in [1.29, 1.82) is 0 Å². The van der Waals surface area contributed by atoms with Gasteiger partial charge in [-0.1, -0.05) is 70.4 Å². The third-order valence-corrected chi connectivity index (χ3v) is 15.7. The van der Waals surface area contributed by atoms with Crippen molar-refractivity contribution in [2.24, 2.45) is 0 Å². The van der Waals surface area contributed by atoms with Gasteiger partial charge in [-0.05, 0) is 39.0 Å². The molecule has 0 bridgehead atoms. The maximum Gasteiger partial charge on any atom is 0.302 e. The molecule has 0 radical (unpaired) electrons. The highest BCUT2D eigenvalue weighted by molar-refractivity contribution is 5.76. The first-order chi connectivity index (χ1) is 42.8. The molecule has 32 nitrogen and oxygen atoms in total. The van der Waals surface area contributed by atoms with Crippen molar-refractivity contribution in [3.8, 4) is 0 Å². The summed E-state index contributed by atoms with van der Waals surface area (Å²) >= 11 is 0. The molecule has 24 atom stereocenters. The number of ether oxygens (including phenoxy) is 10. The molecule has 16 N–H and O–H groups in total. The van der Waals surface area contributed by atoms with E-state index >= 15 is 0 Å². The fourth-order valence-corrected chi connectivity index (χ4v) is 11.0. The predicted molar refractivity (Wildman–Crippen MR) is 310 cm³/mol. The van der Waals surface area contributed by atoms with Gasteiger partial charge in [0.05, 0.1) is 32.5 Å². The van der Waals surface area contributed by atoms with E-state index in [2.05, 4.69) is 45.7 Å². The Bertz CT molecular complexity index is 2190. The summed E-state index contributed by atoms with van der Waals surface area (Å²) in [5, 5.41) is 134. The Morgan fingerprint density at radius 3 is 1.49 bits per heavy atom. The van der Waals surface area contributed by atoms with E-state index in [0.717, 1.165) is 86.0 Å². The summed E-state index contributed by atoms with van der Waals surface area (Å²) in [6.45, 7) is 4.39. The highest BCUT2D eigenvalue weighted by Crippen LogP contribution is 2.34. The van der Waals surface area contributed by atoms with Gasteiger partial charge >= 0.3 is 5.97 Å². The van der Waals surface area contributed by atoms with Crippen LogP contribution in [-0.2, 0) is 76.1 Å². The molecule has 0 spiro atoms. The SMILES string of the molecule is CCCCCC/C=C\CCCCCCCCCC(=O)NC1C(OC2C(CO)OC(O[C@@H](C)C(CO)OC(OC3C(CO)OC(OC4C(CO)OC(O)C(NC(C)=O)C4O)C(NC(C)=O)C3O)[C@H](O)NC(C)=O)C(NC(C)=O)C2O)OC(COC(C)=O)C(O)C1O. The third kappa shape index (κ3) is 24.3. The van der Waals surface area contributed by atoms with Gasteiger partial charge in [0.15, 0.2) is 31.4 Å². The number of aliphatic hydroxyl groups excluding tert-OH is 11. The van der Waals surface area contributed by atoms with Gasteiger partial charge in [-0.2, -0.15) is 0 Å². The zero-order chi connectivity index (χ0) is 66.8. The summed E-state index contributed by atoms with van der Waals surface area (Å²) in [5.41, 5.74) is 0. The van der Waals surface area contributed by atoms with Gasteiger partial charge in [-0.25, -0.2) is 0 Å². The Labute approximate surface area is 523 Å². The van der Waals surface area contributed by atoms with Crippen LogP contribution in [0.3, 0.4) is 0 Å². The molecule has 0 aliphatic carbocycles. The van der Waals surface area contributed by atoms with Gasteiger partial charge in [-0.15, -0.1) is 0 Å². The van der Waals surface area contributed by atoms with Crippen LogP contribution >= 0.6 is 0 Å². The number of unbranched alkanes of at least 4 members (excludes halogenated alkanes) is 11. The average Bonchev–Trinajstić information content (AvgIpc) is 0.873. The predicted octanol–water partition coefficient (Wildman–Crippen LogP) is -4.02. The largest absolute Gasteiger partial charge is 0.463 e. The van der Waals surface area contributed by atoms with Crippen LogP contribution in [0.4, 0.5) is 0 Å². The van der Waals surface area contributed by atoms with Gasteiger partial charge in [0.1, 0.15) is 110 Å². The van der Waals surface area contributed by atoms with Crippen LogP contribution in [0.15, 0.2) is 12.2 Å². The minimum absolute atomic E-state index is 0.0168. The van der Waals surface area contributed by atoms with E-state index in [1.807, 2.05) is 0 Å². The molecule has 5 amide bonds. The highest BCUT2D eigenvalue weighted by atomic mass is 16.8. The van der Waals surface area contributed by atoms with Crippen molar-refractivity contribution in [3.05, 3.63) is 12.2 Å². The smallest absolute Gasteiger partial charge is 0.302 e. The molecule has 4 aliphatic rings. The minimum atomic E-state index is -2.17. The molecule has 4 saturated heterocycles. The summed E-state index contributed by atoms with van der Waals surface area (Å²) in [5.74, 6) is -4.42. The highest BCUT2D eigenvalue weighted by Gasteiger charge is 2.55. The zero-order valence-electron chi connectivity index (χ0n) is 52.4. The van der Waals surface area contributed by atoms with E-state index in [1.54, 1.807) is 0 Å². The van der Waals surface area contributed by atoms with Crippen molar-refractivity contribution in [1.82, 2.24) is 26.6 Å². The van der Waals surface area contributed by atoms with Crippen LogP contribution in [0.1, 0.15) is 138 Å². The van der Waals surface area contributed by atoms with Crippen molar-refractivity contribution in [3.63, 3.8) is 0 Å². The van der Waals surface area contributed by atoms with Gasteiger partial charge in [0.25, 0.3) is 0 Å². The molecule has 4 fully saturated rings. The van der Waals surface area contributed by atoms with E-state index < -0.39 is 216 Å². The molecule has 90 heavy (non-hydrogen) atoms. The zero-order valence-corrected chi connectivity index (χ0v) is 52.4. The number of rotatable bonds is 38. The molecule has 32 heteroatoms. The van der Waals surface area contributed by atoms with Crippen LogP contribution < -0.4 is 26.6 Å². The summed E-state index contributed by atoms with van der Waals surface area (Å²) in [7, 11) is 0. The number of carbonyl (C=O) groups is 6. The first kappa shape index (κ1) is 78.2. The summed E-state index contributed by atoms with van der Waals surface area (Å²) in [4.78, 5) is 75.0. The number of amides is 5. The Hall–Kier alpha value is -4.24. The molecular formula is C58H101N5O27. The number of aliphatic hydroxyl groups is 11. The Morgan fingerprint density at radius 1 is 0.511 bits per heavy atom. The van der Waals surface area contributed by atoms with E-state index in [0.29, 0.717) is 6.42 Å². The summed E-state index contributed by atoms with van der Waals surface area (Å²) in [6.07, 6.45) is -17.5. The fraction of sp³-hybridized carbons (Fsp3) is 0.862. The topological polar surface area (TPSA) is 477 Å². The molecule has 4 aliphatic heterocycles. The Kier molecular flexibility index (Phi) is 34.9. The quantitative estimate of drug-likeness (QED) is 0.0121. The molecule has 4 heterocycles. The molecule has 520 valence electrons. The van der Waals surface area contributed by atoms with Crippen LogP contribution in [0.5, 0.6) is 0 Å². The van der Waals surface area contributed by atoms with E-state index in [9.17, 15) is 84.9 Å². The van der Waals surface area contributed by atoms with Crippen molar-refractivity contribution < 1.29 is 132 Å². The lowest BCUT2D eigenvalue weighted by atomic mass is 9.94. The Morgan fingerprint density at radius 2 is 0.967 bits per heavy atom. The fourth-order valence-electron chi connectivity index (χ4n) is 11.0. The van der Waals surface area contributed by atoms with E-state index in [1.165, 1.54) is 32.6 Å². The maximum absolute atomic E-state index is 13.5. The van der Waals surface area contributed by atoms with E-state index in [-0.39, 0.29) is 6.42 Å². The van der Waals surface area contributed by atoms with Crippen LogP contribution in [-0.4, -0.2) is 272 Å². The third-order valence-electron chi connectivity index (χ3n) is 15.7. The lowest BCUT2D eigenvalue weighted by molar-refractivity contribution is -0.353. The van der Waals surface area contributed by atoms with E-state index in [4.69, 9.17) is 47.4 Å². The van der Waals surface area contributed by atoms with Crippen molar-refractivity contribution >= 4 is 35.5 Å². The first-order valence-electron chi connectivity index (χ1n) is 31.1. The monoisotopic (exact) mass is 1300 g/mol.